The molecule has 2 aliphatic heterocycles. The number of esters is 1. The number of hydrogen-bond acceptors (Lipinski definition) is 9. The highest BCUT2D eigenvalue weighted by Gasteiger charge is 2.52. The molecule has 5 rings (SSSR count). The van der Waals surface area contributed by atoms with Crippen LogP contribution in [0.25, 0.3) is 11.0 Å². The van der Waals surface area contributed by atoms with Gasteiger partial charge in [0, 0.05) is 30.7 Å². The summed E-state index contributed by atoms with van der Waals surface area (Å²) < 4.78 is 55.7. The smallest absolute Gasteiger partial charge is 0.408 e. The van der Waals surface area contributed by atoms with Crippen LogP contribution in [0.4, 0.5) is 13.6 Å². The summed E-state index contributed by atoms with van der Waals surface area (Å²) >= 11 is 0. The number of alkyl carbamates (subject to hydrolysis) is 1. The van der Waals surface area contributed by atoms with Gasteiger partial charge in [-0.25, -0.2) is 19.6 Å². The van der Waals surface area contributed by atoms with Crippen LogP contribution in [-0.2, 0) is 25.0 Å². The fourth-order valence-electron chi connectivity index (χ4n) is 7.10. The Balaban J connectivity index is 1.60. The van der Waals surface area contributed by atoms with E-state index in [1.54, 1.807) is 45.9 Å². The first-order valence-corrected chi connectivity index (χ1v) is 17.7. The third kappa shape index (κ3) is 8.46. The molecule has 3 heterocycles. The quantitative estimate of drug-likeness (QED) is 0.271. The second kappa shape index (κ2) is 15.2. The van der Waals surface area contributed by atoms with Crippen molar-refractivity contribution in [3.63, 3.8) is 0 Å². The van der Waals surface area contributed by atoms with E-state index in [9.17, 15) is 14.4 Å². The average Bonchev–Trinajstić information content (AvgIpc) is 3.61. The summed E-state index contributed by atoms with van der Waals surface area (Å²) in [6.07, 6.45) is -0.667. The zero-order chi connectivity index (χ0) is 37.2. The molecule has 6 atom stereocenters. The number of alkyl halides is 2. The molecule has 1 aromatic heterocycles. The molecule has 51 heavy (non-hydrogen) atoms. The molecule has 2 fully saturated rings. The van der Waals surface area contributed by atoms with Crippen LogP contribution in [0.3, 0.4) is 0 Å². The lowest BCUT2D eigenvalue weighted by atomic mass is 9.85. The number of amides is 2. The van der Waals surface area contributed by atoms with Gasteiger partial charge in [0.05, 0.1) is 31.3 Å². The lowest BCUT2D eigenvalue weighted by Crippen LogP contribution is -2.57. The second-order valence-corrected chi connectivity index (χ2v) is 15.5. The van der Waals surface area contributed by atoms with Crippen LogP contribution >= 0.6 is 0 Å². The maximum Gasteiger partial charge on any atom is 0.408 e. The van der Waals surface area contributed by atoms with Crippen molar-refractivity contribution < 1.29 is 42.1 Å². The number of fused-ring (bicyclic) bond motifs is 5. The summed E-state index contributed by atoms with van der Waals surface area (Å²) in [4.78, 5) is 51.9. The third-order valence-corrected chi connectivity index (χ3v) is 10.0. The molecule has 1 aromatic carbocycles. The molecule has 3 aliphatic rings. The Hall–Kier alpha value is -4.25. The number of nitrogens with zero attached hydrogens (tertiary/aromatic N) is 3. The SMILES string of the molecule is C=C=C1C[C@H]2CCCCC(F)(F)c3nc4ccc(OC)cc4nc3O[C@H]3CN(C(=O)[C@H](C(C)(C)C)NC(=O)O[C@@H]2C1)[C@H](C(=O)OCC(C)C)[C@@H]3C. The largest absolute Gasteiger partial charge is 0.497 e. The average molecular weight is 713 g/mol. The number of benzene rings is 1. The molecule has 11 nitrogen and oxygen atoms in total. The van der Waals surface area contributed by atoms with Gasteiger partial charge >= 0.3 is 12.1 Å². The number of ether oxygens (including phenoxy) is 4. The number of carbonyl (C=O) groups excluding carboxylic acids is 3. The molecule has 0 radical (unpaired) electrons. The van der Waals surface area contributed by atoms with E-state index in [2.05, 4.69) is 27.6 Å². The molecule has 1 aliphatic carbocycles. The van der Waals surface area contributed by atoms with Crippen LogP contribution in [0.2, 0.25) is 0 Å². The number of hydrogen-bond donors (Lipinski definition) is 1. The number of rotatable bonds is 4. The molecule has 13 heteroatoms. The van der Waals surface area contributed by atoms with E-state index in [1.165, 1.54) is 12.0 Å². The molecule has 1 N–H and O–H groups in total. The van der Waals surface area contributed by atoms with Crippen LogP contribution in [-0.4, -0.2) is 77.4 Å². The molecule has 2 aromatic rings. The van der Waals surface area contributed by atoms with Crippen LogP contribution < -0.4 is 14.8 Å². The van der Waals surface area contributed by atoms with Crippen molar-refractivity contribution in [3.8, 4) is 11.6 Å². The Bertz CT molecular complexity index is 1690. The predicted molar refractivity (Wildman–Crippen MR) is 185 cm³/mol. The minimum absolute atomic E-state index is 0.0220. The zero-order valence-corrected chi connectivity index (χ0v) is 30.6. The van der Waals surface area contributed by atoms with Gasteiger partial charge in [-0.05, 0) is 48.3 Å². The van der Waals surface area contributed by atoms with Gasteiger partial charge in [-0.15, -0.1) is 5.73 Å². The Morgan fingerprint density at radius 1 is 1.14 bits per heavy atom. The van der Waals surface area contributed by atoms with Crippen molar-refractivity contribution in [1.82, 2.24) is 20.2 Å². The number of aromatic nitrogens is 2. The summed E-state index contributed by atoms with van der Waals surface area (Å²) in [7, 11) is 1.49. The van der Waals surface area contributed by atoms with Crippen LogP contribution in [0.15, 0.2) is 36.1 Å². The Morgan fingerprint density at radius 2 is 1.88 bits per heavy atom. The molecular formula is C38H50F2N4O7. The summed E-state index contributed by atoms with van der Waals surface area (Å²) in [5.41, 5.74) is 2.90. The minimum Gasteiger partial charge on any atom is -0.497 e. The van der Waals surface area contributed by atoms with Crippen LogP contribution in [0.1, 0.15) is 85.8 Å². The maximum atomic E-state index is 16.3. The predicted octanol–water partition coefficient (Wildman–Crippen LogP) is 6.73. The van der Waals surface area contributed by atoms with E-state index in [0.29, 0.717) is 31.4 Å². The van der Waals surface area contributed by atoms with E-state index in [-0.39, 0.29) is 48.3 Å². The molecular weight excluding hydrogens is 662 g/mol. The van der Waals surface area contributed by atoms with Gasteiger partial charge in [0.1, 0.15) is 30.0 Å². The number of halogens is 2. The Labute approximate surface area is 298 Å². The molecule has 0 unspecified atom stereocenters. The summed E-state index contributed by atoms with van der Waals surface area (Å²) in [5.74, 6) is -5.39. The van der Waals surface area contributed by atoms with Crippen molar-refractivity contribution in [3.05, 3.63) is 41.8 Å². The van der Waals surface area contributed by atoms with E-state index in [4.69, 9.17) is 18.9 Å². The fraction of sp³-hybridized carbons (Fsp3) is 0.632. The Morgan fingerprint density at radius 3 is 2.55 bits per heavy atom. The normalized spacial score (nSPS) is 27.3. The number of nitrogens with one attached hydrogen (secondary N) is 1. The molecule has 2 bridgehead atoms. The van der Waals surface area contributed by atoms with Gasteiger partial charge < -0.3 is 29.2 Å². The van der Waals surface area contributed by atoms with Crippen molar-refractivity contribution in [2.45, 2.75) is 110 Å². The van der Waals surface area contributed by atoms with Gasteiger partial charge in [0.15, 0.2) is 5.69 Å². The van der Waals surface area contributed by atoms with E-state index < -0.39 is 71.6 Å². The molecule has 2 amide bonds. The molecule has 1 saturated carbocycles. The molecule has 0 spiro atoms. The van der Waals surface area contributed by atoms with Gasteiger partial charge in [0.2, 0.25) is 11.8 Å². The standard InChI is InChI=1S/C38H50F2N4O7/c1-9-23-16-24-12-10-11-15-38(39,40)31-33(42-27-18-25(48-8)13-14-26(27)41-31)50-29-19-44(30(22(29)4)35(46)49-20-21(2)3)34(45)32(37(5,6)7)43-36(47)51-28(24)17-23/h13-14,18,21-22,24,28-30,32H,1,10-12,15-17,19-20H2,2-8H3,(H,43,47)/t22-,24-,28-,29+,30+,32-/m1/s1. The number of methoxy groups -OCH3 is 1. The van der Waals surface area contributed by atoms with Gasteiger partial charge in [-0.1, -0.05) is 54.5 Å². The van der Waals surface area contributed by atoms with E-state index in [1.807, 2.05) is 13.8 Å². The zero-order valence-electron chi connectivity index (χ0n) is 30.6. The van der Waals surface area contributed by atoms with Gasteiger partial charge in [0.25, 0.3) is 5.92 Å². The fourth-order valence-corrected chi connectivity index (χ4v) is 7.10. The van der Waals surface area contributed by atoms with Gasteiger partial charge in [-0.3, -0.25) is 4.79 Å². The topological polar surface area (TPSA) is 129 Å². The summed E-state index contributed by atoms with van der Waals surface area (Å²) in [6.45, 7) is 14.6. The monoisotopic (exact) mass is 712 g/mol. The highest BCUT2D eigenvalue weighted by molar-refractivity contribution is 5.91. The first kappa shape index (κ1) is 38.0. The first-order chi connectivity index (χ1) is 24.0. The van der Waals surface area contributed by atoms with Crippen molar-refractivity contribution in [2.24, 2.45) is 23.2 Å². The van der Waals surface area contributed by atoms with Crippen molar-refractivity contribution >= 4 is 29.0 Å². The summed E-state index contributed by atoms with van der Waals surface area (Å²) in [5, 5.41) is 2.80. The first-order valence-electron chi connectivity index (χ1n) is 17.7. The van der Waals surface area contributed by atoms with Crippen LogP contribution in [0.5, 0.6) is 11.6 Å². The Kier molecular flexibility index (Phi) is 11.3. The lowest BCUT2D eigenvalue weighted by molar-refractivity contribution is -0.156. The van der Waals surface area contributed by atoms with E-state index >= 15 is 8.78 Å². The van der Waals surface area contributed by atoms with E-state index in [0.717, 1.165) is 5.57 Å². The van der Waals surface area contributed by atoms with Crippen molar-refractivity contribution in [2.75, 3.05) is 20.3 Å². The number of carbonyl (C=O) groups is 3. The minimum atomic E-state index is -3.43. The highest BCUT2D eigenvalue weighted by Crippen LogP contribution is 2.42. The lowest BCUT2D eigenvalue weighted by Gasteiger charge is -2.35. The van der Waals surface area contributed by atoms with Gasteiger partial charge in [-0.2, -0.15) is 8.78 Å². The summed E-state index contributed by atoms with van der Waals surface area (Å²) in [6, 6.07) is 2.52. The maximum absolute atomic E-state index is 16.3. The molecule has 1 saturated heterocycles. The van der Waals surface area contributed by atoms with Crippen LogP contribution in [0, 0.1) is 23.2 Å². The second-order valence-electron chi connectivity index (χ2n) is 15.5. The third-order valence-electron chi connectivity index (χ3n) is 10.0. The molecule has 278 valence electrons. The van der Waals surface area contributed by atoms with Crippen molar-refractivity contribution in [1.29, 1.82) is 0 Å². The highest BCUT2D eigenvalue weighted by atomic mass is 19.3.